The molecule has 0 bridgehead atoms. The van der Waals surface area contributed by atoms with Gasteiger partial charge in [-0.2, -0.15) is 13.2 Å². The van der Waals surface area contributed by atoms with E-state index in [1.165, 1.54) is 6.07 Å². The number of rotatable bonds is 6. The number of ether oxygens (including phenoxy) is 1. The average molecular weight is 413 g/mol. The molecule has 0 saturated carbocycles. The summed E-state index contributed by atoms with van der Waals surface area (Å²) in [4.78, 5) is 7.18. The van der Waals surface area contributed by atoms with Gasteiger partial charge in [0.2, 0.25) is 5.82 Å². The molecule has 0 saturated heterocycles. The van der Waals surface area contributed by atoms with Crippen LogP contribution >= 0.6 is 0 Å². The van der Waals surface area contributed by atoms with E-state index in [0.29, 0.717) is 11.1 Å². The van der Waals surface area contributed by atoms with Gasteiger partial charge in [-0.25, -0.2) is 9.97 Å². The highest BCUT2D eigenvalue weighted by atomic mass is 19.4. The molecule has 0 radical (unpaired) electrons. The largest absolute Gasteiger partial charge is 0.490 e. The van der Waals surface area contributed by atoms with E-state index in [0.717, 1.165) is 10.8 Å². The second-order valence-electron chi connectivity index (χ2n) is 6.73. The van der Waals surface area contributed by atoms with Crippen molar-refractivity contribution in [1.29, 1.82) is 0 Å². The van der Waals surface area contributed by atoms with E-state index in [1.54, 1.807) is 24.3 Å². The number of alkyl halides is 3. The fourth-order valence-electron chi connectivity index (χ4n) is 3.12. The second kappa shape index (κ2) is 8.16. The number of aromatic nitrogens is 2. The lowest BCUT2D eigenvalue weighted by Gasteiger charge is -2.16. The van der Waals surface area contributed by atoms with Gasteiger partial charge in [0.15, 0.2) is 0 Å². The van der Waals surface area contributed by atoms with Crippen LogP contribution in [-0.2, 0) is 6.18 Å². The summed E-state index contributed by atoms with van der Waals surface area (Å²) in [6.07, 6.45) is -5.64. The number of halogens is 3. The first-order valence-corrected chi connectivity index (χ1v) is 9.28. The molecule has 0 amide bonds. The van der Waals surface area contributed by atoms with Crippen LogP contribution in [0, 0.1) is 0 Å². The second-order valence-corrected chi connectivity index (χ2v) is 6.73. The van der Waals surface area contributed by atoms with Gasteiger partial charge >= 0.3 is 6.18 Å². The molecule has 1 heterocycles. The number of benzene rings is 3. The predicted octanol–water partition coefficient (Wildman–Crippen LogP) is 4.65. The van der Waals surface area contributed by atoms with Crippen molar-refractivity contribution in [3.05, 3.63) is 72.6 Å². The Morgan fingerprint density at radius 3 is 2.40 bits per heavy atom. The molecule has 4 aromatic rings. The van der Waals surface area contributed by atoms with Crippen LogP contribution in [-0.4, -0.2) is 34.3 Å². The molecular weight excluding hydrogens is 395 g/mol. The lowest BCUT2D eigenvalue weighted by atomic mass is 10.1. The molecule has 8 heteroatoms. The molecule has 3 aromatic carbocycles. The SMILES string of the molecule is OC(CNc1nc(C(F)(F)F)nc2ccccc12)COc1cccc2ccccc12. The van der Waals surface area contributed by atoms with Gasteiger partial charge in [0.1, 0.15) is 24.3 Å². The summed E-state index contributed by atoms with van der Waals surface area (Å²) in [6, 6.07) is 19.7. The molecular formula is C22H18F3N3O2. The van der Waals surface area contributed by atoms with Crippen molar-refractivity contribution < 1.29 is 23.0 Å². The zero-order chi connectivity index (χ0) is 21.1. The van der Waals surface area contributed by atoms with E-state index in [4.69, 9.17) is 4.74 Å². The standard InChI is InChI=1S/C22H18F3N3O2/c23-22(24,25)21-27-18-10-4-3-9-17(18)20(28-21)26-12-15(29)13-30-19-11-5-7-14-6-1-2-8-16(14)19/h1-11,15,29H,12-13H2,(H,26,27,28). The van der Waals surface area contributed by atoms with Crippen LogP contribution in [0.25, 0.3) is 21.7 Å². The third-order valence-electron chi connectivity index (χ3n) is 4.54. The minimum absolute atomic E-state index is 0.0112. The van der Waals surface area contributed by atoms with Gasteiger partial charge in [-0.15, -0.1) is 0 Å². The monoisotopic (exact) mass is 413 g/mol. The summed E-state index contributed by atoms with van der Waals surface area (Å²) in [6.45, 7) is -0.0702. The number of nitrogens with zero attached hydrogens (tertiary/aromatic N) is 2. The minimum Gasteiger partial charge on any atom is -0.490 e. The Morgan fingerprint density at radius 1 is 0.900 bits per heavy atom. The van der Waals surface area contributed by atoms with Crippen LogP contribution in [0.2, 0.25) is 0 Å². The van der Waals surface area contributed by atoms with Crippen molar-refractivity contribution in [2.45, 2.75) is 12.3 Å². The average Bonchev–Trinajstić information content (AvgIpc) is 2.75. The van der Waals surface area contributed by atoms with Gasteiger partial charge in [0.05, 0.1) is 5.52 Å². The van der Waals surface area contributed by atoms with Crippen LogP contribution in [0.4, 0.5) is 19.0 Å². The predicted molar refractivity (Wildman–Crippen MR) is 108 cm³/mol. The van der Waals surface area contributed by atoms with Crippen LogP contribution in [0.5, 0.6) is 5.75 Å². The quantitative estimate of drug-likeness (QED) is 0.482. The van der Waals surface area contributed by atoms with Gasteiger partial charge in [0, 0.05) is 17.3 Å². The molecule has 0 fully saturated rings. The highest BCUT2D eigenvalue weighted by Crippen LogP contribution is 2.30. The third-order valence-corrected chi connectivity index (χ3v) is 4.54. The van der Waals surface area contributed by atoms with Gasteiger partial charge in [-0.1, -0.05) is 48.5 Å². The lowest BCUT2D eigenvalue weighted by molar-refractivity contribution is -0.144. The van der Waals surface area contributed by atoms with Gasteiger partial charge < -0.3 is 15.2 Å². The number of hydrogen-bond donors (Lipinski definition) is 2. The molecule has 0 aliphatic carbocycles. The Labute approximate surface area is 170 Å². The molecule has 0 aliphatic heterocycles. The van der Waals surface area contributed by atoms with E-state index >= 15 is 0 Å². The van der Waals surface area contributed by atoms with E-state index < -0.39 is 18.1 Å². The van der Waals surface area contributed by atoms with Crippen molar-refractivity contribution >= 4 is 27.5 Å². The number of aliphatic hydroxyl groups excluding tert-OH is 1. The molecule has 2 N–H and O–H groups in total. The van der Waals surface area contributed by atoms with Crippen molar-refractivity contribution in [2.75, 3.05) is 18.5 Å². The van der Waals surface area contributed by atoms with Crippen molar-refractivity contribution in [3.63, 3.8) is 0 Å². The Hall–Kier alpha value is -3.39. The molecule has 30 heavy (non-hydrogen) atoms. The highest BCUT2D eigenvalue weighted by Gasteiger charge is 2.35. The number of aliphatic hydroxyl groups is 1. The molecule has 0 spiro atoms. The fourth-order valence-corrected chi connectivity index (χ4v) is 3.12. The molecule has 154 valence electrons. The van der Waals surface area contributed by atoms with Crippen LogP contribution < -0.4 is 10.1 Å². The maximum atomic E-state index is 13.1. The molecule has 1 aromatic heterocycles. The van der Waals surface area contributed by atoms with Crippen LogP contribution in [0.3, 0.4) is 0 Å². The maximum absolute atomic E-state index is 13.1. The first kappa shape index (κ1) is 19.9. The number of anilines is 1. The number of hydrogen-bond acceptors (Lipinski definition) is 5. The van der Waals surface area contributed by atoms with Crippen molar-refractivity contribution in [1.82, 2.24) is 9.97 Å². The van der Waals surface area contributed by atoms with Crippen LogP contribution in [0.15, 0.2) is 66.7 Å². The normalized spacial score (nSPS) is 12.8. The Morgan fingerprint density at radius 2 is 1.60 bits per heavy atom. The Balaban J connectivity index is 1.47. The zero-order valence-electron chi connectivity index (χ0n) is 15.7. The summed E-state index contributed by atoms with van der Waals surface area (Å²) in [7, 11) is 0. The van der Waals surface area contributed by atoms with Gasteiger partial charge in [0.25, 0.3) is 0 Å². The lowest BCUT2D eigenvalue weighted by Crippen LogP contribution is -2.27. The Kier molecular flexibility index (Phi) is 5.41. The van der Waals surface area contributed by atoms with Crippen molar-refractivity contribution in [3.8, 4) is 5.75 Å². The van der Waals surface area contributed by atoms with E-state index in [-0.39, 0.29) is 24.5 Å². The molecule has 5 nitrogen and oxygen atoms in total. The summed E-state index contributed by atoms with van der Waals surface area (Å²) < 4.78 is 45.1. The van der Waals surface area contributed by atoms with Gasteiger partial charge in [-0.3, -0.25) is 0 Å². The smallest absolute Gasteiger partial charge is 0.451 e. The summed E-state index contributed by atoms with van der Waals surface area (Å²) in [5.41, 5.74) is 0.170. The van der Waals surface area contributed by atoms with Crippen molar-refractivity contribution in [2.24, 2.45) is 0 Å². The zero-order valence-corrected chi connectivity index (χ0v) is 15.7. The van der Waals surface area contributed by atoms with E-state index in [1.807, 2.05) is 36.4 Å². The summed E-state index contributed by atoms with van der Waals surface area (Å²) in [5.74, 6) is -0.596. The summed E-state index contributed by atoms with van der Waals surface area (Å²) >= 11 is 0. The first-order valence-electron chi connectivity index (χ1n) is 9.28. The number of fused-ring (bicyclic) bond motifs is 2. The van der Waals surface area contributed by atoms with E-state index in [2.05, 4.69) is 15.3 Å². The summed E-state index contributed by atoms with van der Waals surface area (Å²) in [5, 5.41) is 15.4. The number of para-hydroxylation sites is 1. The molecule has 4 rings (SSSR count). The number of nitrogens with one attached hydrogen (secondary N) is 1. The molecule has 1 unspecified atom stereocenters. The maximum Gasteiger partial charge on any atom is 0.451 e. The van der Waals surface area contributed by atoms with Crippen LogP contribution in [0.1, 0.15) is 5.82 Å². The fraction of sp³-hybridized carbons (Fsp3) is 0.182. The third kappa shape index (κ3) is 4.28. The minimum atomic E-state index is -4.67. The van der Waals surface area contributed by atoms with Gasteiger partial charge in [-0.05, 0) is 23.6 Å². The van der Waals surface area contributed by atoms with E-state index in [9.17, 15) is 18.3 Å². The molecule has 1 atom stereocenters. The topological polar surface area (TPSA) is 67.3 Å². The highest BCUT2D eigenvalue weighted by molar-refractivity contribution is 5.89. The Bertz CT molecular complexity index is 1180. The molecule has 0 aliphatic rings. The first-order chi connectivity index (χ1) is 14.4.